The van der Waals surface area contributed by atoms with Gasteiger partial charge in [0.15, 0.2) is 0 Å². The molecule has 0 heterocycles. The molecule has 5 heteroatoms. The van der Waals surface area contributed by atoms with Gasteiger partial charge in [-0.05, 0) is 0 Å². The van der Waals surface area contributed by atoms with Crippen molar-refractivity contribution in [3.63, 3.8) is 0 Å². The van der Waals surface area contributed by atoms with Crippen LogP contribution >= 0.6 is 0 Å². The zero-order valence-corrected chi connectivity index (χ0v) is 7.19. The van der Waals surface area contributed by atoms with E-state index in [2.05, 4.69) is 6.64 Å². The van der Waals surface area contributed by atoms with Crippen LogP contribution in [0.25, 0.3) is 0 Å². The Morgan fingerprint density at radius 1 is 1.11 bits per heavy atom. The molecule has 0 aromatic rings. The Bertz CT molecular complexity index is 67.0. The Morgan fingerprint density at radius 2 is 1.44 bits per heavy atom. The van der Waals surface area contributed by atoms with Crippen molar-refractivity contribution >= 4 is 0 Å². The minimum atomic E-state index is -4.16. The summed E-state index contributed by atoms with van der Waals surface area (Å²) in [5.74, 6) is 0. The van der Waals surface area contributed by atoms with Crippen LogP contribution in [0, 0.1) is 0 Å². The van der Waals surface area contributed by atoms with Gasteiger partial charge < -0.3 is 0 Å². The molecule has 0 spiro atoms. The van der Waals surface area contributed by atoms with E-state index in [1.54, 1.807) is 13.8 Å². The summed E-state index contributed by atoms with van der Waals surface area (Å²) in [6.07, 6.45) is 0. The van der Waals surface area contributed by atoms with Gasteiger partial charge in [0, 0.05) is 0 Å². The first-order chi connectivity index (χ1) is 4.12. The molecule has 0 radical (unpaired) electrons. The molecule has 9 heavy (non-hydrogen) atoms. The number of rotatable bonds is 4. The van der Waals surface area contributed by atoms with E-state index in [0.29, 0.717) is 0 Å². The Kier molecular flexibility index (Phi) is 4.65. The molecule has 0 aromatic carbocycles. The second-order valence-electron chi connectivity index (χ2n) is 1.41. The fourth-order valence-electron chi connectivity index (χ4n) is 0.418. The summed E-state index contributed by atoms with van der Waals surface area (Å²) < 4.78 is 26.7. The summed E-state index contributed by atoms with van der Waals surface area (Å²) in [5, 5.41) is 0. The molecule has 2 N–H and O–H groups in total. The molecule has 0 aliphatic rings. The molecule has 0 fully saturated rings. The van der Waals surface area contributed by atoms with Crippen LogP contribution in [-0.4, -0.2) is 20.6 Å². The molecule has 0 amide bonds. The predicted molar refractivity (Wildman–Crippen MR) is 27.7 cm³/mol. The fourth-order valence-corrected chi connectivity index (χ4v) is 1.72. The van der Waals surface area contributed by atoms with E-state index >= 15 is 0 Å². The van der Waals surface area contributed by atoms with Crippen LogP contribution in [-0.2, 0) is 24.8 Å². The first kappa shape index (κ1) is 9.55. The van der Waals surface area contributed by atoms with Crippen LogP contribution in [0.3, 0.4) is 0 Å². The number of hydrogen-bond acceptors (Lipinski definition) is 4. The van der Waals surface area contributed by atoms with Crippen molar-refractivity contribution in [1.29, 1.82) is 0 Å². The van der Waals surface area contributed by atoms with Crippen LogP contribution in [0.1, 0.15) is 13.8 Å². The van der Waals surface area contributed by atoms with Gasteiger partial charge in [-0.3, -0.25) is 0 Å². The summed E-state index contributed by atoms with van der Waals surface area (Å²) in [4.78, 5) is 0. The Labute approximate surface area is 59.7 Å². The van der Waals surface area contributed by atoms with Crippen molar-refractivity contribution in [2.24, 2.45) is 0 Å². The summed E-state index contributed by atoms with van der Waals surface area (Å²) in [6.45, 7) is 3.94. The molecular weight excluding hydrogens is 160 g/mol. The Hall–Kier alpha value is 0.554. The molecule has 0 saturated heterocycles. The van der Waals surface area contributed by atoms with E-state index in [1.807, 2.05) is 0 Å². The summed E-state index contributed by atoms with van der Waals surface area (Å²) >= 11 is -4.16. The zero-order valence-electron chi connectivity index (χ0n) is 5.63. The van der Waals surface area contributed by atoms with Crippen LogP contribution in [0.5, 0.6) is 0 Å². The summed E-state index contributed by atoms with van der Waals surface area (Å²) in [7, 11) is 0. The van der Waals surface area contributed by atoms with Gasteiger partial charge in [-0.25, -0.2) is 0 Å². The third-order valence-corrected chi connectivity index (χ3v) is 2.74. The molecule has 0 bridgehead atoms. The van der Waals surface area contributed by atoms with E-state index < -0.39 is 18.1 Å². The standard InChI is InChI=1S/2C2H5O.2H2O.Ti/c2*1-2-3;;;/h2*2H2,1H3;2*1H2;/q2*-1;;;+4/p-2. The summed E-state index contributed by atoms with van der Waals surface area (Å²) in [6, 6.07) is 0. The van der Waals surface area contributed by atoms with Gasteiger partial charge in [-0.1, -0.05) is 0 Å². The zero-order chi connectivity index (χ0) is 7.33. The molecule has 0 aromatic heterocycles. The Balaban J connectivity index is 3.43. The van der Waals surface area contributed by atoms with Gasteiger partial charge in [0.2, 0.25) is 0 Å². The van der Waals surface area contributed by atoms with Gasteiger partial charge >= 0.3 is 59.2 Å². The van der Waals surface area contributed by atoms with Crippen molar-refractivity contribution < 1.29 is 32.2 Å². The van der Waals surface area contributed by atoms with Crippen LogP contribution in [0.15, 0.2) is 0 Å². The van der Waals surface area contributed by atoms with E-state index in [9.17, 15) is 0 Å². The fraction of sp³-hybridized carbons (Fsp3) is 1.00. The van der Waals surface area contributed by atoms with Gasteiger partial charge in [0.05, 0.1) is 0 Å². The minimum absolute atomic E-state index is 0.285. The first-order valence-corrected chi connectivity index (χ1v) is 5.52. The predicted octanol–water partition coefficient (Wildman–Crippen LogP) is -0.142. The summed E-state index contributed by atoms with van der Waals surface area (Å²) in [5.41, 5.74) is 0. The molecule has 0 aliphatic heterocycles. The van der Waals surface area contributed by atoms with Crippen molar-refractivity contribution in [3.05, 3.63) is 0 Å². The topological polar surface area (TPSA) is 58.9 Å². The van der Waals surface area contributed by atoms with E-state index in [4.69, 9.17) is 7.38 Å². The van der Waals surface area contributed by atoms with E-state index in [-0.39, 0.29) is 13.2 Å². The monoisotopic (exact) mass is 172 g/mol. The van der Waals surface area contributed by atoms with E-state index in [1.165, 1.54) is 0 Å². The maximum absolute atomic E-state index is 8.81. The van der Waals surface area contributed by atoms with Crippen LogP contribution in [0.4, 0.5) is 0 Å². The average Bonchev–Trinajstić information content (AvgIpc) is 1.64. The molecular formula is C4H12O4Ti. The van der Waals surface area contributed by atoms with Crippen molar-refractivity contribution in [3.8, 4) is 0 Å². The van der Waals surface area contributed by atoms with Gasteiger partial charge in [0.1, 0.15) is 0 Å². The van der Waals surface area contributed by atoms with Gasteiger partial charge in [-0.2, -0.15) is 0 Å². The van der Waals surface area contributed by atoms with Crippen molar-refractivity contribution in [2.45, 2.75) is 13.8 Å². The van der Waals surface area contributed by atoms with E-state index in [0.717, 1.165) is 0 Å². The third-order valence-electron chi connectivity index (χ3n) is 0.665. The molecule has 4 nitrogen and oxygen atoms in total. The Morgan fingerprint density at radius 3 is 1.67 bits per heavy atom. The van der Waals surface area contributed by atoms with Gasteiger partial charge in [0.25, 0.3) is 0 Å². The quantitative estimate of drug-likeness (QED) is 0.579. The SMILES string of the molecule is CC[O][Ti]([OH])([OH])[O]CC. The van der Waals surface area contributed by atoms with Crippen LogP contribution in [0.2, 0.25) is 0 Å². The normalized spacial score (nSPS) is 12.0. The van der Waals surface area contributed by atoms with Crippen molar-refractivity contribution in [1.82, 2.24) is 0 Å². The molecule has 0 saturated carbocycles. The van der Waals surface area contributed by atoms with Crippen molar-refractivity contribution in [2.75, 3.05) is 13.2 Å². The van der Waals surface area contributed by atoms with Crippen LogP contribution < -0.4 is 0 Å². The maximum atomic E-state index is 8.81. The van der Waals surface area contributed by atoms with Gasteiger partial charge in [-0.15, -0.1) is 0 Å². The number of hydrogen-bond donors (Lipinski definition) is 2. The molecule has 0 unspecified atom stereocenters. The first-order valence-electron chi connectivity index (χ1n) is 2.85. The second kappa shape index (κ2) is 4.38. The average molecular weight is 172 g/mol. The molecule has 0 atom stereocenters. The third kappa shape index (κ3) is 5.02. The molecule has 0 rings (SSSR count). The molecule has 56 valence electrons. The molecule has 0 aliphatic carbocycles. The second-order valence-corrected chi connectivity index (χ2v) is 4.03.